The zero-order valence-corrected chi connectivity index (χ0v) is 24.6. The van der Waals surface area contributed by atoms with Crippen molar-refractivity contribution in [2.24, 2.45) is 0 Å². The Balaban J connectivity index is 1.47. The van der Waals surface area contributed by atoms with E-state index in [0.29, 0.717) is 0 Å². The average molecular weight is 601 g/mol. The van der Waals surface area contributed by atoms with Crippen LogP contribution in [0.3, 0.4) is 0 Å². The molecule has 6 nitrogen and oxygen atoms in total. The first-order valence-electron chi connectivity index (χ1n) is 14.8. The summed E-state index contributed by atoms with van der Waals surface area (Å²) in [5.41, 5.74) is 7.51. The van der Waals surface area contributed by atoms with Gasteiger partial charge in [-0.2, -0.15) is 0 Å². The second kappa shape index (κ2) is 11.9. The summed E-state index contributed by atoms with van der Waals surface area (Å²) in [7, 11) is 0. The topological polar surface area (TPSA) is 98.7 Å². The minimum atomic E-state index is -0.978. The lowest BCUT2D eigenvalue weighted by molar-refractivity contribution is 0.0686. The van der Waals surface area contributed by atoms with Crippen molar-refractivity contribution in [2.75, 3.05) is 10.6 Å². The van der Waals surface area contributed by atoms with E-state index in [-0.39, 0.29) is 11.1 Å². The molecular formula is C40H28N2O4. The summed E-state index contributed by atoms with van der Waals surface area (Å²) in [5.74, 6) is -1.96. The molecule has 7 aromatic carbocycles. The number of carboxylic acid groups (broad SMARTS) is 2. The van der Waals surface area contributed by atoms with Gasteiger partial charge in [0.1, 0.15) is 0 Å². The number of fused-ring (bicyclic) bond motifs is 2. The number of rotatable bonds is 8. The van der Waals surface area contributed by atoms with Gasteiger partial charge in [-0.05, 0) is 105 Å². The molecule has 0 radical (unpaired) electrons. The normalized spacial score (nSPS) is 11.0. The quantitative estimate of drug-likeness (QED) is 0.139. The van der Waals surface area contributed by atoms with E-state index < -0.39 is 11.9 Å². The molecule has 6 heteroatoms. The third-order valence-electron chi connectivity index (χ3n) is 8.10. The summed E-state index contributed by atoms with van der Waals surface area (Å²) in [6.07, 6.45) is 0. The van der Waals surface area contributed by atoms with Crippen molar-refractivity contribution in [1.29, 1.82) is 0 Å². The van der Waals surface area contributed by atoms with Crippen molar-refractivity contribution in [1.82, 2.24) is 0 Å². The van der Waals surface area contributed by atoms with Crippen LogP contribution in [0.25, 0.3) is 43.8 Å². The van der Waals surface area contributed by atoms with E-state index in [1.807, 2.05) is 36.4 Å². The highest BCUT2D eigenvalue weighted by Gasteiger charge is 2.19. The fourth-order valence-electron chi connectivity index (χ4n) is 5.80. The van der Waals surface area contributed by atoms with Gasteiger partial charge in [0.05, 0.1) is 11.1 Å². The van der Waals surface area contributed by atoms with Crippen molar-refractivity contribution in [3.05, 3.63) is 157 Å². The van der Waals surface area contributed by atoms with Crippen molar-refractivity contribution in [3.63, 3.8) is 0 Å². The molecule has 7 aromatic rings. The monoisotopic (exact) mass is 600 g/mol. The second-order valence-electron chi connectivity index (χ2n) is 11.0. The summed E-state index contributed by atoms with van der Waals surface area (Å²) in [5, 5.41) is 30.4. The maximum Gasteiger partial charge on any atom is 0.335 e. The first-order valence-corrected chi connectivity index (χ1v) is 14.8. The Morgan fingerprint density at radius 3 is 1.15 bits per heavy atom. The van der Waals surface area contributed by atoms with Gasteiger partial charge >= 0.3 is 11.9 Å². The van der Waals surface area contributed by atoms with Crippen LogP contribution < -0.4 is 10.6 Å². The van der Waals surface area contributed by atoms with Crippen molar-refractivity contribution >= 4 is 56.2 Å². The number of hydrogen-bond acceptors (Lipinski definition) is 4. The lowest BCUT2D eigenvalue weighted by Crippen LogP contribution is -2.02. The molecule has 222 valence electrons. The number of carbonyl (C=O) groups is 2. The Labute approximate surface area is 265 Å². The van der Waals surface area contributed by atoms with Gasteiger partial charge < -0.3 is 20.8 Å². The number of aromatic carboxylic acids is 2. The lowest BCUT2D eigenvalue weighted by Gasteiger charge is -2.22. The molecule has 0 unspecified atom stereocenters. The molecule has 0 aromatic heterocycles. The minimum absolute atomic E-state index is 0.214. The lowest BCUT2D eigenvalue weighted by atomic mass is 9.89. The molecule has 0 aliphatic heterocycles. The van der Waals surface area contributed by atoms with Gasteiger partial charge in [-0.25, -0.2) is 9.59 Å². The molecule has 46 heavy (non-hydrogen) atoms. The van der Waals surface area contributed by atoms with Crippen LogP contribution in [-0.2, 0) is 0 Å². The van der Waals surface area contributed by atoms with Crippen molar-refractivity contribution in [3.8, 4) is 22.3 Å². The van der Waals surface area contributed by atoms with Gasteiger partial charge in [0.2, 0.25) is 0 Å². The second-order valence-corrected chi connectivity index (χ2v) is 11.0. The summed E-state index contributed by atoms with van der Waals surface area (Å²) < 4.78 is 0. The number of hydrogen-bond donors (Lipinski definition) is 4. The van der Waals surface area contributed by atoms with E-state index >= 15 is 0 Å². The van der Waals surface area contributed by atoms with E-state index in [1.54, 1.807) is 48.5 Å². The molecule has 0 amide bonds. The predicted molar refractivity (Wildman–Crippen MR) is 186 cm³/mol. The highest BCUT2D eigenvalue weighted by molar-refractivity contribution is 6.04. The maximum atomic E-state index is 11.5. The summed E-state index contributed by atoms with van der Waals surface area (Å²) in [6, 6.07) is 46.7. The average Bonchev–Trinajstić information content (AvgIpc) is 3.08. The van der Waals surface area contributed by atoms with Crippen LogP contribution in [0.5, 0.6) is 0 Å². The van der Waals surface area contributed by atoms with Crippen LogP contribution in [0.2, 0.25) is 0 Å². The minimum Gasteiger partial charge on any atom is -0.478 e. The Kier molecular flexibility index (Phi) is 7.37. The smallest absolute Gasteiger partial charge is 0.335 e. The zero-order chi connectivity index (χ0) is 31.6. The van der Waals surface area contributed by atoms with Crippen LogP contribution in [0.15, 0.2) is 146 Å². The van der Waals surface area contributed by atoms with Crippen LogP contribution in [0, 0.1) is 0 Å². The fraction of sp³-hybridized carbons (Fsp3) is 0. The molecule has 7 rings (SSSR count). The van der Waals surface area contributed by atoms with Crippen LogP contribution in [0.4, 0.5) is 22.7 Å². The number of anilines is 4. The molecule has 0 aliphatic carbocycles. The molecule has 0 bridgehead atoms. The Bertz CT molecular complexity index is 2100. The summed E-state index contributed by atoms with van der Waals surface area (Å²) in [4.78, 5) is 23.0. The molecule has 0 saturated heterocycles. The Hall–Kier alpha value is -6.40. The first-order chi connectivity index (χ1) is 22.4. The van der Waals surface area contributed by atoms with Crippen molar-refractivity contribution < 1.29 is 19.8 Å². The SMILES string of the molecule is O=C(O)c1ccc(Nc2ccc(Nc3ccc(C(=O)O)cc3)c(-c3ccc4ccccc4c3)c2-c2ccc3ccccc3c2)cc1. The first kappa shape index (κ1) is 28.4. The van der Waals surface area contributed by atoms with Crippen LogP contribution in [-0.4, -0.2) is 22.2 Å². The molecule has 4 N–H and O–H groups in total. The van der Waals surface area contributed by atoms with Gasteiger partial charge in [-0.15, -0.1) is 0 Å². The molecule has 0 heterocycles. The van der Waals surface area contributed by atoms with Gasteiger partial charge in [0.25, 0.3) is 0 Å². The number of benzene rings is 7. The molecule has 0 aliphatic rings. The fourth-order valence-corrected chi connectivity index (χ4v) is 5.80. The van der Waals surface area contributed by atoms with Gasteiger partial charge in [-0.1, -0.05) is 72.8 Å². The highest BCUT2D eigenvalue weighted by atomic mass is 16.4. The van der Waals surface area contributed by atoms with Gasteiger partial charge in [0.15, 0.2) is 0 Å². The van der Waals surface area contributed by atoms with Crippen LogP contribution in [0.1, 0.15) is 20.7 Å². The summed E-state index contributed by atoms with van der Waals surface area (Å²) in [6.45, 7) is 0. The third-order valence-corrected chi connectivity index (χ3v) is 8.10. The molecule has 0 spiro atoms. The molecule has 0 fully saturated rings. The Morgan fingerprint density at radius 2 is 0.783 bits per heavy atom. The molecule has 0 atom stereocenters. The van der Waals surface area contributed by atoms with Crippen molar-refractivity contribution in [2.45, 2.75) is 0 Å². The van der Waals surface area contributed by atoms with E-state index in [4.69, 9.17) is 0 Å². The maximum absolute atomic E-state index is 11.5. The van der Waals surface area contributed by atoms with Crippen LogP contribution >= 0.6 is 0 Å². The standard InChI is InChI=1S/C40H28N2O4/c43-39(44)27-13-17-33(18-14-27)41-35-21-22-36(42-34-19-15-28(16-20-34)40(45)46)38(32-12-10-26-6-2-4-8-30(26)24-32)37(35)31-11-9-25-5-1-3-7-29(25)23-31/h1-24,41-42H,(H,43,44)(H,45,46). The largest absolute Gasteiger partial charge is 0.478 e. The highest BCUT2D eigenvalue weighted by Crippen LogP contribution is 2.46. The zero-order valence-electron chi connectivity index (χ0n) is 24.6. The molecular weight excluding hydrogens is 572 g/mol. The van der Waals surface area contributed by atoms with E-state index in [9.17, 15) is 19.8 Å². The van der Waals surface area contributed by atoms with Gasteiger partial charge in [0, 0.05) is 33.9 Å². The third kappa shape index (κ3) is 5.63. The Morgan fingerprint density at radius 1 is 0.413 bits per heavy atom. The van der Waals surface area contributed by atoms with Gasteiger partial charge in [-0.3, -0.25) is 0 Å². The van der Waals surface area contributed by atoms with E-state index in [1.165, 1.54) is 0 Å². The number of nitrogens with one attached hydrogen (secondary N) is 2. The molecule has 0 saturated carbocycles. The van der Waals surface area contributed by atoms with E-state index in [0.717, 1.165) is 66.5 Å². The number of carboxylic acids is 2. The predicted octanol–water partition coefficient (Wildman–Crippen LogP) is 10.2. The van der Waals surface area contributed by atoms with E-state index in [2.05, 4.69) is 71.3 Å². The summed E-state index contributed by atoms with van der Waals surface area (Å²) >= 11 is 0.